The highest BCUT2D eigenvalue weighted by molar-refractivity contribution is 7.92. The molecule has 2 atom stereocenters. The fourth-order valence-electron chi connectivity index (χ4n) is 2.42. The number of anilines is 2. The maximum atomic E-state index is 11.4. The quantitative estimate of drug-likeness (QED) is 0.736. The van der Waals surface area contributed by atoms with E-state index in [1.165, 1.54) is 0 Å². The van der Waals surface area contributed by atoms with Crippen molar-refractivity contribution in [3.05, 3.63) is 24.3 Å². The van der Waals surface area contributed by atoms with Gasteiger partial charge in [0.2, 0.25) is 10.0 Å². The summed E-state index contributed by atoms with van der Waals surface area (Å²) in [6, 6.07) is 7.83. The van der Waals surface area contributed by atoms with Crippen LogP contribution in [0.1, 0.15) is 13.3 Å². The topological polar surface area (TPSA) is 79.5 Å². The van der Waals surface area contributed by atoms with Gasteiger partial charge in [0, 0.05) is 18.6 Å². The smallest absolute Gasteiger partial charge is 0.229 e. The molecule has 2 unspecified atom stereocenters. The molecule has 1 saturated heterocycles. The lowest BCUT2D eigenvalue weighted by atomic mass is 10.1. The number of benzene rings is 1. The van der Waals surface area contributed by atoms with Crippen LogP contribution in [0.5, 0.6) is 0 Å². The standard InChI is InChI=1S/C14H23N3O3S/c1-11(9-12-10-20-8-7-15-12)16-13-5-3-4-6-14(13)17-21(2,18)19/h3-6,11-12,15-17H,7-10H2,1-2H3. The summed E-state index contributed by atoms with van der Waals surface area (Å²) in [5.41, 5.74) is 1.35. The molecule has 0 aliphatic carbocycles. The Hall–Kier alpha value is -1.31. The van der Waals surface area contributed by atoms with E-state index < -0.39 is 10.0 Å². The van der Waals surface area contributed by atoms with Gasteiger partial charge in [-0.3, -0.25) is 4.72 Å². The van der Waals surface area contributed by atoms with Crippen molar-refractivity contribution in [3.63, 3.8) is 0 Å². The number of hydrogen-bond acceptors (Lipinski definition) is 5. The zero-order valence-corrected chi connectivity index (χ0v) is 13.2. The highest BCUT2D eigenvalue weighted by atomic mass is 32.2. The van der Waals surface area contributed by atoms with E-state index in [9.17, 15) is 8.42 Å². The van der Waals surface area contributed by atoms with Crippen LogP contribution in [0.3, 0.4) is 0 Å². The number of ether oxygens (including phenoxy) is 1. The molecule has 118 valence electrons. The lowest BCUT2D eigenvalue weighted by Gasteiger charge is -2.27. The van der Waals surface area contributed by atoms with Gasteiger partial charge in [-0.2, -0.15) is 0 Å². The van der Waals surface area contributed by atoms with Gasteiger partial charge in [-0.15, -0.1) is 0 Å². The predicted molar refractivity (Wildman–Crippen MR) is 85.2 cm³/mol. The highest BCUT2D eigenvalue weighted by Crippen LogP contribution is 2.23. The second-order valence-corrected chi connectivity index (χ2v) is 7.18. The molecular weight excluding hydrogens is 290 g/mol. The summed E-state index contributed by atoms with van der Waals surface area (Å²) >= 11 is 0. The Balaban J connectivity index is 1.98. The first kappa shape index (κ1) is 16.1. The normalized spacial score (nSPS) is 20.8. The summed E-state index contributed by atoms with van der Waals surface area (Å²) in [6.07, 6.45) is 2.06. The van der Waals surface area contributed by atoms with Crippen LogP contribution in [-0.4, -0.2) is 46.5 Å². The van der Waals surface area contributed by atoms with Crippen molar-refractivity contribution in [2.75, 3.05) is 36.1 Å². The Morgan fingerprint density at radius 2 is 2.10 bits per heavy atom. The van der Waals surface area contributed by atoms with Gasteiger partial charge in [0.1, 0.15) is 0 Å². The van der Waals surface area contributed by atoms with Gasteiger partial charge in [0.25, 0.3) is 0 Å². The van der Waals surface area contributed by atoms with Crippen molar-refractivity contribution in [1.29, 1.82) is 0 Å². The van der Waals surface area contributed by atoms with Crippen molar-refractivity contribution >= 4 is 21.4 Å². The van der Waals surface area contributed by atoms with E-state index in [1.54, 1.807) is 12.1 Å². The van der Waals surface area contributed by atoms with Crippen LogP contribution in [0, 0.1) is 0 Å². The fourth-order valence-corrected chi connectivity index (χ4v) is 3.00. The van der Waals surface area contributed by atoms with Crippen molar-refractivity contribution in [1.82, 2.24) is 5.32 Å². The number of rotatable bonds is 6. The van der Waals surface area contributed by atoms with Gasteiger partial charge in [-0.25, -0.2) is 8.42 Å². The first-order chi connectivity index (χ1) is 9.94. The summed E-state index contributed by atoms with van der Waals surface area (Å²) in [5.74, 6) is 0. The Labute approximate surface area is 126 Å². The first-order valence-corrected chi connectivity index (χ1v) is 8.97. The molecular formula is C14H23N3O3S. The fraction of sp³-hybridized carbons (Fsp3) is 0.571. The zero-order valence-electron chi connectivity index (χ0n) is 12.4. The molecule has 7 heteroatoms. The second-order valence-electron chi connectivity index (χ2n) is 5.43. The minimum atomic E-state index is -3.29. The largest absolute Gasteiger partial charge is 0.381 e. The lowest BCUT2D eigenvalue weighted by molar-refractivity contribution is 0.0731. The molecule has 2 rings (SSSR count). The highest BCUT2D eigenvalue weighted by Gasteiger charge is 2.17. The Kier molecular flexibility index (Phi) is 5.44. The minimum absolute atomic E-state index is 0.201. The van der Waals surface area contributed by atoms with Crippen LogP contribution < -0.4 is 15.4 Å². The molecule has 0 amide bonds. The third-order valence-corrected chi connectivity index (χ3v) is 3.85. The van der Waals surface area contributed by atoms with Crippen molar-refractivity contribution in [2.45, 2.75) is 25.4 Å². The molecule has 1 aromatic carbocycles. The van der Waals surface area contributed by atoms with Gasteiger partial charge in [0.15, 0.2) is 0 Å². The molecule has 1 fully saturated rings. The van der Waals surface area contributed by atoms with Crippen LogP contribution in [0.15, 0.2) is 24.3 Å². The van der Waals surface area contributed by atoms with E-state index >= 15 is 0 Å². The minimum Gasteiger partial charge on any atom is -0.381 e. The Morgan fingerprint density at radius 1 is 1.38 bits per heavy atom. The second kappa shape index (κ2) is 7.11. The monoisotopic (exact) mass is 313 g/mol. The van der Waals surface area contributed by atoms with Gasteiger partial charge in [-0.05, 0) is 25.5 Å². The average Bonchev–Trinajstić information content (AvgIpc) is 2.40. The third kappa shape index (κ3) is 5.53. The van der Waals surface area contributed by atoms with Crippen LogP contribution in [0.2, 0.25) is 0 Å². The molecule has 1 aromatic rings. The third-order valence-electron chi connectivity index (χ3n) is 3.26. The number of sulfonamides is 1. The molecule has 1 heterocycles. The van der Waals surface area contributed by atoms with Gasteiger partial charge in [-0.1, -0.05) is 12.1 Å². The molecule has 6 nitrogen and oxygen atoms in total. The molecule has 0 aromatic heterocycles. The molecule has 0 saturated carbocycles. The maximum Gasteiger partial charge on any atom is 0.229 e. The predicted octanol–water partition coefficient (Wildman–Crippen LogP) is 1.24. The van der Waals surface area contributed by atoms with Crippen molar-refractivity contribution in [3.8, 4) is 0 Å². The Morgan fingerprint density at radius 3 is 2.71 bits per heavy atom. The van der Waals surface area contributed by atoms with Crippen molar-refractivity contribution < 1.29 is 13.2 Å². The van der Waals surface area contributed by atoms with Crippen LogP contribution in [0.4, 0.5) is 11.4 Å². The molecule has 0 bridgehead atoms. The molecule has 1 aliphatic rings. The zero-order chi connectivity index (χ0) is 15.3. The molecule has 0 radical (unpaired) electrons. The summed E-state index contributed by atoms with van der Waals surface area (Å²) in [6.45, 7) is 4.44. The van der Waals surface area contributed by atoms with Crippen LogP contribution in [0.25, 0.3) is 0 Å². The van der Waals surface area contributed by atoms with Crippen LogP contribution >= 0.6 is 0 Å². The molecule has 0 spiro atoms. The lowest BCUT2D eigenvalue weighted by Crippen LogP contribution is -2.43. The molecule has 3 N–H and O–H groups in total. The molecule has 1 aliphatic heterocycles. The number of nitrogens with one attached hydrogen (secondary N) is 3. The van der Waals surface area contributed by atoms with E-state index in [0.29, 0.717) is 11.7 Å². The molecule has 21 heavy (non-hydrogen) atoms. The number of hydrogen-bond donors (Lipinski definition) is 3. The van der Waals surface area contributed by atoms with Gasteiger partial charge < -0.3 is 15.4 Å². The maximum absolute atomic E-state index is 11.4. The van der Waals surface area contributed by atoms with Crippen molar-refractivity contribution in [2.24, 2.45) is 0 Å². The number of para-hydroxylation sites is 2. The summed E-state index contributed by atoms with van der Waals surface area (Å²) in [4.78, 5) is 0. The van der Waals surface area contributed by atoms with Gasteiger partial charge >= 0.3 is 0 Å². The van der Waals surface area contributed by atoms with Crippen LogP contribution in [-0.2, 0) is 14.8 Å². The summed E-state index contributed by atoms with van der Waals surface area (Å²) in [5, 5.41) is 6.77. The summed E-state index contributed by atoms with van der Waals surface area (Å²) < 4.78 is 30.7. The summed E-state index contributed by atoms with van der Waals surface area (Å²) in [7, 11) is -3.29. The van der Waals surface area contributed by atoms with E-state index in [2.05, 4.69) is 22.3 Å². The average molecular weight is 313 g/mol. The van der Waals surface area contributed by atoms with E-state index in [0.717, 1.165) is 38.1 Å². The Bertz CT molecular complexity index is 556. The SMILES string of the molecule is CC(CC1COCCN1)Nc1ccccc1NS(C)(=O)=O. The van der Waals surface area contributed by atoms with E-state index in [1.807, 2.05) is 12.1 Å². The van der Waals surface area contributed by atoms with E-state index in [-0.39, 0.29) is 6.04 Å². The number of morpholine rings is 1. The first-order valence-electron chi connectivity index (χ1n) is 7.08. The van der Waals surface area contributed by atoms with Gasteiger partial charge in [0.05, 0.1) is 30.8 Å². The van der Waals surface area contributed by atoms with E-state index in [4.69, 9.17) is 4.74 Å².